The zero-order valence-corrected chi connectivity index (χ0v) is 17.5. The third-order valence-electron chi connectivity index (χ3n) is 5.52. The maximum atomic E-state index is 13.0. The van der Waals surface area contributed by atoms with Gasteiger partial charge in [0.25, 0.3) is 5.91 Å². The first kappa shape index (κ1) is 19.9. The predicted molar refractivity (Wildman–Crippen MR) is 120 cm³/mol. The summed E-state index contributed by atoms with van der Waals surface area (Å²) in [5.74, 6) is -0.0787. The highest BCUT2D eigenvalue weighted by atomic mass is 35.5. The fourth-order valence-electron chi connectivity index (χ4n) is 3.86. The van der Waals surface area contributed by atoms with Crippen LogP contribution in [0.5, 0.6) is 0 Å². The number of likely N-dealkylation sites (tertiary alicyclic amines) is 1. The Hall–Kier alpha value is -2.43. The highest BCUT2D eigenvalue weighted by Gasteiger charge is 2.15. The number of halogens is 1. The summed E-state index contributed by atoms with van der Waals surface area (Å²) in [7, 11) is 0. The molecule has 1 aromatic heterocycles. The fraction of sp³-hybridized carbons (Fsp3) is 0.333. The third kappa shape index (κ3) is 4.77. The Morgan fingerprint density at radius 2 is 1.83 bits per heavy atom. The summed E-state index contributed by atoms with van der Waals surface area (Å²) in [4.78, 5) is 20.2. The van der Waals surface area contributed by atoms with Gasteiger partial charge in [-0.2, -0.15) is 0 Å². The van der Waals surface area contributed by atoms with Gasteiger partial charge in [-0.3, -0.25) is 4.79 Å². The molecule has 0 radical (unpaired) electrons. The summed E-state index contributed by atoms with van der Waals surface area (Å²) in [6.07, 6.45) is 3.82. The lowest BCUT2D eigenvalue weighted by Crippen LogP contribution is -2.37. The van der Waals surface area contributed by atoms with Crippen molar-refractivity contribution >= 4 is 28.4 Å². The van der Waals surface area contributed by atoms with Gasteiger partial charge in [-0.1, -0.05) is 47.9 Å². The number of aromatic nitrogens is 1. The van der Waals surface area contributed by atoms with E-state index >= 15 is 0 Å². The largest absolute Gasteiger partial charge is 0.351 e. The summed E-state index contributed by atoms with van der Waals surface area (Å²) < 4.78 is 0. The number of fused-ring (bicyclic) bond motifs is 1. The van der Waals surface area contributed by atoms with E-state index in [0.717, 1.165) is 41.8 Å². The fourth-order valence-corrected chi connectivity index (χ4v) is 4.04. The number of benzene rings is 2. The van der Waals surface area contributed by atoms with Gasteiger partial charge >= 0.3 is 0 Å². The summed E-state index contributed by atoms with van der Waals surface area (Å²) >= 11 is 6.21. The normalized spacial score (nSPS) is 14.8. The molecule has 0 atom stereocenters. The number of rotatable bonds is 5. The van der Waals surface area contributed by atoms with Crippen molar-refractivity contribution < 1.29 is 4.79 Å². The van der Waals surface area contributed by atoms with Crippen LogP contribution >= 0.6 is 11.6 Å². The molecular formula is C24H26ClN3O. The molecule has 1 aliphatic rings. The highest BCUT2D eigenvalue weighted by Crippen LogP contribution is 2.27. The van der Waals surface area contributed by atoms with E-state index in [2.05, 4.69) is 29.3 Å². The Labute approximate surface area is 176 Å². The monoisotopic (exact) mass is 407 g/mol. The summed E-state index contributed by atoms with van der Waals surface area (Å²) in [5, 5.41) is 4.48. The lowest BCUT2D eigenvalue weighted by Gasteiger charge is -2.26. The van der Waals surface area contributed by atoms with Crippen molar-refractivity contribution in [2.75, 3.05) is 26.2 Å². The van der Waals surface area contributed by atoms with Gasteiger partial charge in [0, 0.05) is 29.1 Å². The summed E-state index contributed by atoms with van der Waals surface area (Å²) in [5.41, 5.74) is 4.37. The number of nitrogens with zero attached hydrogens (tertiary/aromatic N) is 2. The molecule has 1 saturated heterocycles. The van der Waals surface area contributed by atoms with Gasteiger partial charge in [0.05, 0.1) is 16.8 Å². The van der Waals surface area contributed by atoms with E-state index < -0.39 is 0 Å². The lowest BCUT2D eigenvalue weighted by atomic mass is 10.0. The van der Waals surface area contributed by atoms with Crippen LogP contribution in [-0.2, 0) is 0 Å². The Kier molecular flexibility index (Phi) is 6.12. The van der Waals surface area contributed by atoms with E-state index in [1.54, 1.807) is 0 Å². The SMILES string of the molecule is Cc1ccc(-c2cc(C(=O)NCCN3CCCCC3)c3cc(Cl)ccc3n2)cc1. The molecule has 150 valence electrons. The number of piperidine rings is 1. The molecule has 0 aliphatic carbocycles. The van der Waals surface area contributed by atoms with Crippen LogP contribution in [0.2, 0.25) is 5.02 Å². The van der Waals surface area contributed by atoms with Crippen molar-refractivity contribution in [1.29, 1.82) is 0 Å². The molecule has 0 unspecified atom stereocenters. The number of pyridine rings is 1. The van der Waals surface area contributed by atoms with Gasteiger partial charge in [0.2, 0.25) is 0 Å². The van der Waals surface area contributed by atoms with Crippen molar-refractivity contribution in [1.82, 2.24) is 15.2 Å². The number of hydrogen-bond donors (Lipinski definition) is 1. The number of amides is 1. The minimum absolute atomic E-state index is 0.0787. The molecule has 1 fully saturated rings. The van der Waals surface area contributed by atoms with Crippen LogP contribution in [0.3, 0.4) is 0 Å². The van der Waals surface area contributed by atoms with Gasteiger partial charge in [0.15, 0.2) is 0 Å². The summed E-state index contributed by atoms with van der Waals surface area (Å²) in [6.45, 7) is 5.84. The Balaban J connectivity index is 1.61. The number of carbonyl (C=O) groups is 1. The second-order valence-electron chi connectivity index (χ2n) is 7.74. The van der Waals surface area contributed by atoms with Crippen LogP contribution in [0.15, 0.2) is 48.5 Å². The average Bonchev–Trinajstić information content (AvgIpc) is 2.74. The van der Waals surface area contributed by atoms with Gasteiger partial charge in [-0.05, 0) is 57.1 Å². The minimum Gasteiger partial charge on any atom is -0.351 e. The highest BCUT2D eigenvalue weighted by molar-refractivity contribution is 6.31. The molecule has 3 aromatic rings. The van der Waals surface area contributed by atoms with E-state index in [9.17, 15) is 4.79 Å². The van der Waals surface area contributed by atoms with E-state index in [4.69, 9.17) is 16.6 Å². The molecule has 1 amide bonds. The van der Waals surface area contributed by atoms with E-state index in [1.165, 1.54) is 24.8 Å². The molecule has 29 heavy (non-hydrogen) atoms. The van der Waals surface area contributed by atoms with Crippen LogP contribution in [0, 0.1) is 6.92 Å². The maximum Gasteiger partial charge on any atom is 0.252 e. The van der Waals surface area contributed by atoms with Crippen LogP contribution in [-0.4, -0.2) is 42.0 Å². The number of aryl methyl sites for hydroxylation is 1. The Morgan fingerprint density at radius 3 is 2.59 bits per heavy atom. The van der Waals surface area contributed by atoms with Gasteiger partial charge < -0.3 is 10.2 Å². The number of hydrogen-bond acceptors (Lipinski definition) is 3. The maximum absolute atomic E-state index is 13.0. The molecule has 0 saturated carbocycles. The molecule has 0 spiro atoms. The van der Waals surface area contributed by atoms with E-state index in [1.807, 2.05) is 36.4 Å². The second-order valence-corrected chi connectivity index (χ2v) is 8.18. The first-order valence-electron chi connectivity index (χ1n) is 10.3. The molecule has 2 aromatic carbocycles. The second kappa shape index (κ2) is 8.93. The Bertz CT molecular complexity index is 1010. The standard InChI is InChI=1S/C24H26ClN3O/c1-17-5-7-18(8-6-17)23-16-21(20-15-19(25)9-10-22(20)27-23)24(29)26-11-14-28-12-3-2-4-13-28/h5-10,15-16H,2-4,11-14H2,1H3,(H,26,29). The lowest BCUT2D eigenvalue weighted by molar-refractivity contribution is 0.0948. The molecule has 5 heteroatoms. The van der Waals surface area contributed by atoms with Crippen molar-refractivity contribution in [3.63, 3.8) is 0 Å². The average molecular weight is 408 g/mol. The zero-order valence-electron chi connectivity index (χ0n) is 16.7. The van der Waals surface area contributed by atoms with Crippen LogP contribution in [0.25, 0.3) is 22.2 Å². The summed E-state index contributed by atoms with van der Waals surface area (Å²) in [6, 6.07) is 15.6. The molecule has 2 heterocycles. The molecule has 4 nitrogen and oxygen atoms in total. The van der Waals surface area contributed by atoms with Crippen molar-refractivity contribution in [2.45, 2.75) is 26.2 Å². The molecular weight excluding hydrogens is 382 g/mol. The van der Waals surface area contributed by atoms with Crippen LogP contribution < -0.4 is 5.32 Å². The third-order valence-corrected chi connectivity index (χ3v) is 5.76. The van der Waals surface area contributed by atoms with Crippen molar-refractivity contribution in [3.05, 3.63) is 64.7 Å². The number of nitrogens with one attached hydrogen (secondary N) is 1. The molecule has 4 rings (SSSR count). The smallest absolute Gasteiger partial charge is 0.252 e. The van der Waals surface area contributed by atoms with Crippen LogP contribution in [0.4, 0.5) is 0 Å². The van der Waals surface area contributed by atoms with Crippen LogP contribution in [0.1, 0.15) is 35.2 Å². The zero-order chi connectivity index (χ0) is 20.2. The predicted octanol–water partition coefficient (Wildman–Crippen LogP) is 5.08. The topological polar surface area (TPSA) is 45.2 Å². The van der Waals surface area contributed by atoms with Gasteiger partial charge in [0.1, 0.15) is 0 Å². The quantitative estimate of drug-likeness (QED) is 0.641. The van der Waals surface area contributed by atoms with Gasteiger partial charge in [-0.25, -0.2) is 4.98 Å². The van der Waals surface area contributed by atoms with E-state index in [0.29, 0.717) is 17.1 Å². The minimum atomic E-state index is -0.0787. The Morgan fingerprint density at radius 1 is 1.07 bits per heavy atom. The van der Waals surface area contributed by atoms with Crippen molar-refractivity contribution in [3.8, 4) is 11.3 Å². The van der Waals surface area contributed by atoms with E-state index in [-0.39, 0.29) is 5.91 Å². The first-order valence-corrected chi connectivity index (χ1v) is 10.7. The van der Waals surface area contributed by atoms with Crippen molar-refractivity contribution in [2.24, 2.45) is 0 Å². The van der Waals surface area contributed by atoms with Gasteiger partial charge in [-0.15, -0.1) is 0 Å². The first-order chi connectivity index (χ1) is 14.1. The molecule has 1 aliphatic heterocycles. The molecule has 0 bridgehead atoms. The molecule has 1 N–H and O–H groups in total. The number of carbonyl (C=O) groups excluding carboxylic acids is 1.